The van der Waals surface area contributed by atoms with Gasteiger partial charge in [0, 0.05) is 24.7 Å². The van der Waals surface area contributed by atoms with Crippen molar-refractivity contribution in [2.75, 3.05) is 14.2 Å². The second-order valence-electron chi connectivity index (χ2n) is 13.5. The van der Waals surface area contributed by atoms with Crippen molar-refractivity contribution in [2.24, 2.45) is 11.3 Å². The standard InChI is InChI=1S/C38H51N4O7/c1-24(2)33(36(46)40-23-27-15-18-29(49-7)20-31(27)43)42-37(47)34(39-22-26-13-16-28(48-6)17-14-26)35(45)30(19-25-11-9-8-10-12-25)41-32(44)21-38(3,4)5/h8-18,20-21,24,30,33-35,39,43,45H,19,22-23H2,1-7H3,(H,40,46)(H,41,44)(H,42,47). The van der Waals surface area contributed by atoms with Gasteiger partial charge < -0.3 is 35.6 Å². The third-order valence-electron chi connectivity index (χ3n) is 7.90. The minimum atomic E-state index is -1.40. The Morgan fingerprint density at radius 2 is 1.43 bits per heavy atom. The molecule has 0 bridgehead atoms. The molecule has 0 aliphatic heterocycles. The number of hydrogen-bond donors (Lipinski definition) is 6. The third kappa shape index (κ3) is 12.4. The van der Waals surface area contributed by atoms with E-state index in [1.165, 1.54) is 19.6 Å². The maximum atomic E-state index is 14.1. The summed E-state index contributed by atoms with van der Waals surface area (Å²) in [7, 11) is 3.06. The number of carbonyl (C=O) groups is 3. The summed E-state index contributed by atoms with van der Waals surface area (Å²) >= 11 is 0. The van der Waals surface area contributed by atoms with Gasteiger partial charge in [-0.3, -0.25) is 19.7 Å². The molecule has 3 aromatic carbocycles. The van der Waals surface area contributed by atoms with Crippen molar-refractivity contribution >= 4 is 17.7 Å². The van der Waals surface area contributed by atoms with Crippen LogP contribution in [0.2, 0.25) is 0 Å². The Morgan fingerprint density at radius 1 is 0.796 bits per heavy atom. The van der Waals surface area contributed by atoms with Gasteiger partial charge in [0.15, 0.2) is 0 Å². The number of nitrogens with one attached hydrogen (secondary N) is 4. The molecule has 3 rings (SSSR count). The number of hydrogen-bond acceptors (Lipinski definition) is 8. The number of amides is 3. The van der Waals surface area contributed by atoms with Crippen LogP contribution in [0.5, 0.6) is 17.2 Å². The van der Waals surface area contributed by atoms with Crippen molar-refractivity contribution in [1.29, 1.82) is 0 Å². The lowest BCUT2D eigenvalue weighted by atomic mass is 9.90. The number of phenolic OH excluding ortho intramolecular Hbond substituents is 1. The molecule has 265 valence electrons. The van der Waals surface area contributed by atoms with E-state index < -0.39 is 41.5 Å². The molecule has 0 saturated heterocycles. The molecule has 3 amide bonds. The average Bonchev–Trinajstić information content (AvgIpc) is 3.05. The Balaban J connectivity index is 1.88. The van der Waals surface area contributed by atoms with Crippen molar-refractivity contribution in [3.05, 3.63) is 95.9 Å². The van der Waals surface area contributed by atoms with Gasteiger partial charge in [0.25, 0.3) is 0 Å². The molecule has 0 saturated carbocycles. The highest BCUT2D eigenvalue weighted by atomic mass is 16.5. The molecule has 3 aromatic rings. The number of methoxy groups -OCH3 is 2. The van der Waals surface area contributed by atoms with Crippen LogP contribution in [-0.4, -0.2) is 66.4 Å². The highest BCUT2D eigenvalue weighted by Gasteiger charge is 2.36. The van der Waals surface area contributed by atoms with E-state index in [0.717, 1.165) is 11.1 Å². The van der Waals surface area contributed by atoms with Crippen molar-refractivity contribution in [2.45, 2.75) is 78.4 Å². The van der Waals surface area contributed by atoms with Crippen LogP contribution in [0.25, 0.3) is 0 Å². The molecule has 1 radical (unpaired) electrons. The zero-order valence-electron chi connectivity index (χ0n) is 29.4. The fraction of sp³-hybridized carbons (Fsp3) is 0.421. The van der Waals surface area contributed by atoms with E-state index in [1.54, 1.807) is 45.2 Å². The minimum Gasteiger partial charge on any atom is -0.507 e. The van der Waals surface area contributed by atoms with Gasteiger partial charge in [-0.1, -0.05) is 77.1 Å². The predicted molar refractivity (Wildman–Crippen MR) is 189 cm³/mol. The van der Waals surface area contributed by atoms with Crippen LogP contribution < -0.4 is 30.7 Å². The molecule has 0 aliphatic carbocycles. The summed E-state index contributed by atoms with van der Waals surface area (Å²) in [5, 5.41) is 34.0. The first-order valence-electron chi connectivity index (χ1n) is 16.4. The zero-order chi connectivity index (χ0) is 36.1. The van der Waals surface area contributed by atoms with Gasteiger partial charge in [0.2, 0.25) is 17.7 Å². The molecule has 4 atom stereocenters. The van der Waals surface area contributed by atoms with Crippen LogP contribution in [0.3, 0.4) is 0 Å². The van der Waals surface area contributed by atoms with Gasteiger partial charge in [0.05, 0.1) is 32.8 Å². The zero-order valence-corrected chi connectivity index (χ0v) is 29.4. The fourth-order valence-corrected chi connectivity index (χ4v) is 5.21. The van der Waals surface area contributed by atoms with Crippen LogP contribution in [0.1, 0.15) is 51.3 Å². The van der Waals surface area contributed by atoms with E-state index in [1.807, 2.05) is 63.2 Å². The first-order valence-corrected chi connectivity index (χ1v) is 16.4. The van der Waals surface area contributed by atoms with Crippen LogP contribution in [0, 0.1) is 17.8 Å². The molecule has 0 heterocycles. The third-order valence-corrected chi connectivity index (χ3v) is 7.90. The smallest absolute Gasteiger partial charge is 0.243 e. The molecule has 0 aromatic heterocycles. The highest BCUT2D eigenvalue weighted by molar-refractivity contribution is 5.90. The molecule has 49 heavy (non-hydrogen) atoms. The SMILES string of the molecule is COc1ccc(CNC(C(=O)NC(C(=O)NCc2ccc(OC)cc2O)C(C)C)C(O)C(Cc2ccccc2)NC(=O)[CH]C(C)(C)C)cc1. The first kappa shape index (κ1) is 38.8. The van der Waals surface area contributed by atoms with Crippen LogP contribution >= 0.6 is 0 Å². The maximum absolute atomic E-state index is 14.1. The van der Waals surface area contributed by atoms with Gasteiger partial charge in [-0.2, -0.15) is 0 Å². The number of aliphatic hydroxyl groups excluding tert-OH is 1. The van der Waals surface area contributed by atoms with Crippen molar-refractivity contribution < 1.29 is 34.1 Å². The molecular weight excluding hydrogens is 624 g/mol. The summed E-state index contributed by atoms with van der Waals surface area (Å²) in [5.41, 5.74) is 1.74. The number of aromatic hydroxyl groups is 1. The lowest BCUT2D eigenvalue weighted by Crippen LogP contribution is -2.62. The van der Waals surface area contributed by atoms with Crippen molar-refractivity contribution in [3.8, 4) is 17.2 Å². The molecular formula is C38H51N4O7. The van der Waals surface area contributed by atoms with Crippen molar-refractivity contribution in [3.63, 3.8) is 0 Å². The number of rotatable bonds is 17. The van der Waals surface area contributed by atoms with E-state index in [4.69, 9.17) is 9.47 Å². The molecule has 0 spiro atoms. The molecule has 6 N–H and O–H groups in total. The normalized spacial score (nSPS) is 13.9. The van der Waals surface area contributed by atoms with Crippen LogP contribution in [-0.2, 0) is 33.9 Å². The molecule has 4 unspecified atom stereocenters. The van der Waals surface area contributed by atoms with Gasteiger partial charge in [0.1, 0.15) is 29.3 Å². The van der Waals surface area contributed by atoms with Gasteiger partial charge in [-0.15, -0.1) is 0 Å². The molecule has 11 heteroatoms. The van der Waals surface area contributed by atoms with E-state index in [0.29, 0.717) is 17.1 Å². The average molecular weight is 676 g/mol. The first-order chi connectivity index (χ1) is 23.2. The van der Waals surface area contributed by atoms with E-state index in [9.17, 15) is 24.6 Å². The van der Waals surface area contributed by atoms with Crippen LogP contribution in [0.15, 0.2) is 72.8 Å². The quantitative estimate of drug-likeness (QED) is 0.127. The number of phenols is 1. The second kappa shape index (κ2) is 18.2. The van der Waals surface area contributed by atoms with Crippen LogP contribution in [0.4, 0.5) is 0 Å². The van der Waals surface area contributed by atoms with Gasteiger partial charge in [-0.25, -0.2) is 0 Å². The van der Waals surface area contributed by atoms with Crippen molar-refractivity contribution in [1.82, 2.24) is 21.3 Å². The lowest BCUT2D eigenvalue weighted by molar-refractivity contribution is -0.133. The highest BCUT2D eigenvalue weighted by Crippen LogP contribution is 2.23. The summed E-state index contributed by atoms with van der Waals surface area (Å²) < 4.78 is 10.4. The Morgan fingerprint density at radius 3 is 2.00 bits per heavy atom. The van der Waals surface area contributed by atoms with Gasteiger partial charge >= 0.3 is 0 Å². The lowest BCUT2D eigenvalue weighted by Gasteiger charge is -2.33. The summed E-state index contributed by atoms with van der Waals surface area (Å²) in [6, 6.07) is 18.4. The minimum absolute atomic E-state index is 0.0188. The van der Waals surface area contributed by atoms with E-state index >= 15 is 0 Å². The maximum Gasteiger partial charge on any atom is 0.243 e. The Kier molecular flexibility index (Phi) is 14.5. The number of benzene rings is 3. The monoisotopic (exact) mass is 675 g/mol. The van der Waals surface area contributed by atoms with Gasteiger partial charge in [-0.05, 0) is 53.1 Å². The fourth-order valence-electron chi connectivity index (χ4n) is 5.21. The Hall–Kier alpha value is -4.61. The summed E-state index contributed by atoms with van der Waals surface area (Å²) in [6.07, 6.45) is 0.388. The Bertz CT molecular complexity index is 1510. The summed E-state index contributed by atoms with van der Waals surface area (Å²) in [6.45, 7) is 9.51. The Labute approximate surface area is 289 Å². The summed E-state index contributed by atoms with van der Waals surface area (Å²) in [5.74, 6) is -0.662. The van der Waals surface area contributed by atoms with E-state index in [2.05, 4.69) is 21.3 Å². The number of ether oxygens (including phenoxy) is 2. The molecule has 0 fully saturated rings. The summed E-state index contributed by atoms with van der Waals surface area (Å²) in [4.78, 5) is 40.6. The number of carbonyl (C=O) groups excluding carboxylic acids is 3. The largest absolute Gasteiger partial charge is 0.507 e. The van der Waals surface area contributed by atoms with E-state index in [-0.39, 0.29) is 37.1 Å². The predicted octanol–water partition coefficient (Wildman–Crippen LogP) is 3.66. The molecule has 11 nitrogen and oxygen atoms in total. The number of aliphatic hydroxyl groups is 1. The molecule has 0 aliphatic rings. The second-order valence-corrected chi connectivity index (χ2v) is 13.5. The topological polar surface area (TPSA) is 158 Å².